The molecule has 0 saturated carbocycles. The normalized spacial score (nSPS) is 10.6. The molecule has 0 aliphatic carbocycles. The van der Waals surface area contributed by atoms with Crippen LogP contribution in [0, 0.1) is 0 Å². The largest absolute Gasteiger partial charge is 0.456 e. The summed E-state index contributed by atoms with van der Waals surface area (Å²) >= 11 is 25.8. The van der Waals surface area contributed by atoms with Crippen LogP contribution in [-0.2, 0) is 0 Å². The van der Waals surface area contributed by atoms with Crippen molar-refractivity contribution in [3.05, 3.63) is 52.2 Å². The Morgan fingerprint density at radius 3 is 1.48 bits per heavy atom. The Hall–Kier alpha value is 0.540. The van der Waals surface area contributed by atoms with Crippen LogP contribution in [0.1, 0.15) is 0 Å². The average Bonchev–Trinajstić information content (AvgIpc) is 2.47. The van der Waals surface area contributed by atoms with Crippen molar-refractivity contribution in [2.24, 2.45) is 0 Å². The van der Waals surface area contributed by atoms with Gasteiger partial charge in [-0.1, -0.05) is 23.2 Å². The third kappa shape index (κ3) is 4.30. The molecule has 0 aromatic heterocycles. The van der Waals surface area contributed by atoms with Gasteiger partial charge in [0, 0.05) is 8.95 Å². The minimum absolute atomic E-state index is 0.0123. The molecule has 0 spiro atoms. The van der Waals surface area contributed by atoms with Gasteiger partial charge in [-0.15, -0.1) is 0 Å². The van der Waals surface area contributed by atoms with Crippen molar-refractivity contribution in [1.82, 2.24) is 0 Å². The summed E-state index contributed by atoms with van der Waals surface area (Å²) in [6.07, 6.45) is 0. The summed E-state index contributed by atoms with van der Waals surface area (Å²) in [4.78, 5) is 0. The molecule has 0 bridgehead atoms. The van der Waals surface area contributed by atoms with E-state index in [1.165, 1.54) is 0 Å². The van der Waals surface area contributed by atoms with Crippen LogP contribution in [0.15, 0.2) is 42.2 Å². The predicted molar refractivity (Wildman–Crippen MR) is 99.8 cm³/mol. The van der Waals surface area contributed by atoms with Crippen LogP contribution in [0.2, 0.25) is 10.0 Å². The second-order valence-electron chi connectivity index (χ2n) is 3.75. The highest BCUT2D eigenvalue weighted by molar-refractivity contribution is 9.13. The molecule has 0 N–H and O–H groups in total. The average molecular weight is 585 g/mol. The van der Waals surface area contributed by atoms with Gasteiger partial charge in [0.2, 0.25) is 6.79 Å². The zero-order valence-electron chi connectivity index (χ0n) is 10.1. The Balaban J connectivity index is 2.06. The molecule has 0 unspecified atom stereocenters. The lowest BCUT2D eigenvalue weighted by atomic mass is 10.3. The molecular weight excluding hydrogens is 579 g/mol. The summed E-state index contributed by atoms with van der Waals surface area (Å²) in [5.41, 5.74) is 0. The Kier molecular flexibility index (Phi) is 6.71. The second kappa shape index (κ2) is 7.88. The van der Waals surface area contributed by atoms with E-state index in [1.54, 1.807) is 12.1 Å². The Labute approximate surface area is 165 Å². The Morgan fingerprint density at radius 2 is 1.10 bits per heavy atom. The van der Waals surface area contributed by atoms with E-state index in [4.69, 9.17) is 32.7 Å². The van der Waals surface area contributed by atoms with Crippen molar-refractivity contribution in [3.63, 3.8) is 0 Å². The number of hydrogen-bond donors (Lipinski definition) is 0. The zero-order valence-corrected chi connectivity index (χ0v) is 18.0. The van der Waals surface area contributed by atoms with Crippen molar-refractivity contribution >= 4 is 86.9 Å². The van der Waals surface area contributed by atoms with Crippen molar-refractivity contribution < 1.29 is 9.47 Å². The Morgan fingerprint density at radius 1 is 0.714 bits per heavy atom. The summed E-state index contributed by atoms with van der Waals surface area (Å²) in [7, 11) is 0. The minimum Gasteiger partial charge on any atom is -0.456 e. The minimum atomic E-state index is -0.0123. The fourth-order valence-electron chi connectivity index (χ4n) is 1.40. The molecule has 2 nitrogen and oxygen atoms in total. The summed E-state index contributed by atoms with van der Waals surface area (Å²) in [5, 5.41) is 0.937. The number of ether oxygens (including phenoxy) is 2. The monoisotopic (exact) mass is 580 g/mol. The fourth-order valence-corrected chi connectivity index (χ4v) is 3.38. The van der Waals surface area contributed by atoms with Crippen molar-refractivity contribution in [1.29, 1.82) is 0 Å². The second-order valence-corrected chi connectivity index (χ2v) is 7.80. The van der Waals surface area contributed by atoms with Crippen molar-refractivity contribution in [3.8, 4) is 11.5 Å². The first-order valence-electron chi connectivity index (χ1n) is 5.44. The van der Waals surface area contributed by atoms with Gasteiger partial charge in [0.05, 0.1) is 19.0 Å². The van der Waals surface area contributed by atoms with Crippen LogP contribution in [0.3, 0.4) is 0 Å². The summed E-state index contributed by atoms with van der Waals surface area (Å²) in [6.45, 7) is -0.0123. The predicted octanol–water partition coefficient (Wildman–Crippen LogP) is 7.46. The summed E-state index contributed by atoms with van der Waals surface area (Å²) in [5.74, 6) is 1.03. The highest BCUT2D eigenvalue weighted by Crippen LogP contribution is 2.39. The fraction of sp³-hybridized carbons (Fsp3) is 0.0769. The van der Waals surface area contributed by atoms with Crippen LogP contribution in [0.4, 0.5) is 0 Å². The van der Waals surface area contributed by atoms with E-state index in [-0.39, 0.29) is 6.79 Å². The number of benzene rings is 2. The van der Waals surface area contributed by atoms with Gasteiger partial charge < -0.3 is 9.47 Å². The van der Waals surface area contributed by atoms with E-state index in [1.807, 2.05) is 12.1 Å². The molecule has 0 fully saturated rings. The molecular formula is C13H6Br4Cl2O2. The first-order valence-corrected chi connectivity index (χ1v) is 9.37. The van der Waals surface area contributed by atoms with E-state index in [9.17, 15) is 0 Å². The lowest BCUT2D eigenvalue weighted by molar-refractivity contribution is 0.120. The third-order valence-electron chi connectivity index (χ3n) is 2.43. The third-order valence-corrected chi connectivity index (χ3v) is 7.67. The summed E-state index contributed by atoms with van der Waals surface area (Å²) in [6, 6.07) is 7.16. The van der Waals surface area contributed by atoms with Gasteiger partial charge in [-0.05, 0) is 88.0 Å². The van der Waals surface area contributed by atoms with Gasteiger partial charge in [0.15, 0.2) is 0 Å². The van der Waals surface area contributed by atoms with Gasteiger partial charge in [-0.3, -0.25) is 0 Å². The van der Waals surface area contributed by atoms with Crippen LogP contribution in [0.5, 0.6) is 11.5 Å². The van der Waals surface area contributed by atoms with Crippen LogP contribution in [-0.4, -0.2) is 6.79 Å². The topological polar surface area (TPSA) is 18.5 Å². The van der Waals surface area contributed by atoms with Gasteiger partial charge in [0.1, 0.15) is 11.5 Å². The van der Waals surface area contributed by atoms with Gasteiger partial charge in [0.25, 0.3) is 0 Å². The van der Waals surface area contributed by atoms with Gasteiger partial charge >= 0.3 is 0 Å². The quantitative estimate of drug-likeness (QED) is 0.274. The number of halogens is 6. The van der Waals surface area contributed by atoms with E-state index >= 15 is 0 Å². The number of rotatable bonds is 4. The first kappa shape index (κ1) is 17.9. The molecule has 2 aromatic rings. The standard InChI is InChI=1S/C13H6Br4Cl2O2/c14-6-1-3-8(12(18)10(6)16)20-5-21-9-4-2-7(15)11(17)13(9)19/h1-4H,5H2. The molecule has 0 saturated heterocycles. The smallest absolute Gasteiger partial charge is 0.231 e. The van der Waals surface area contributed by atoms with Crippen molar-refractivity contribution in [2.75, 3.05) is 6.79 Å². The van der Waals surface area contributed by atoms with Crippen molar-refractivity contribution in [2.45, 2.75) is 0 Å². The van der Waals surface area contributed by atoms with E-state index in [0.29, 0.717) is 21.5 Å². The molecule has 112 valence electrons. The summed E-state index contributed by atoms with van der Waals surface area (Å²) < 4.78 is 14.2. The maximum atomic E-state index is 6.16. The molecule has 0 aliphatic heterocycles. The molecule has 8 heteroatoms. The van der Waals surface area contributed by atoms with Crippen LogP contribution < -0.4 is 9.47 Å². The van der Waals surface area contributed by atoms with E-state index in [2.05, 4.69) is 63.7 Å². The van der Waals surface area contributed by atoms with Gasteiger partial charge in [-0.25, -0.2) is 0 Å². The highest BCUT2D eigenvalue weighted by Gasteiger charge is 2.11. The molecule has 0 amide bonds. The molecule has 2 rings (SSSR count). The zero-order chi connectivity index (χ0) is 15.6. The Bertz CT molecular complexity index is 622. The molecule has 0 aliphatic rings. The SMILES string of the molecule is Clc1c(OCOc2ccc(Br)c(Br)c2Cl)ccc(Br)c1Br. The van der Waals surface area contributed by atoms with Crippen LogP contribution in [0.25, 0.3) is 0 Å². The highest BCUT2D eigenvalue weighted by atomic mass is 79.9. The van der Waals surface area contributed by atoms with Gasteiger partial charge in [-0.2, -0.15) is 0 Å². The van der Waals surface area contributed by atoms with E-state index < -0.39 is 0 Å². The maximum Gasteiger partial charge on any atom is 0.231 e. The molecule has 0 heterocycles. The van der Waals surface area contributed by atoms with Crippen LogP contribution >= 0.6 is 86.9 Å². The lowest BCUT2D eigenvalue weighted by Crippen LogP contribution is -2.06. The first-order chi connectivity index (χ1) is 9.91. The number of hydrogen-bond acceptors (Lipinski definition) is 2. The molecule has 0 atom stereocenters. The lowest BCUT2D eigenvalue weighted by Gasteiger charge is -2.13. The molecule has 2 aromatic carbocycles. The molecule has 0 radical (unpaired) electrons. The van der Waals surface area contributed by atoms with E-state index in [0.717, 1.165) is 17.9 Å². The molecule has 21 heavy (non-hydrogen) atoms. The maximum absolute atomic E-state index is 6.16.